The van der Waals surface area contributed by atoms with Crippen molar-refractivity contribution >= 4 is 5.91 Å². The SMILES string of the molecule is CC(C)(C)c1nc(-c2ccc(C(=O)N3CC4(CC(n5ccc(C(F)(F)F)n5)C4)C3)cc2)no1. The van der Waals surface area contributed by atoms with Crippen LogP contribution in [0.3, 0.4) is 0 Å². The summed E-state index contributed by atoms with van der Waals surface area (Å²) in [6, 6.07) is 8.06. The topological polar surface area (TPSA) is 77.1 Å². The molecule has 0 N–H and O–H groups in total. The van der Waals surface area contributed by atoms with E-state index in [0.717, 1.165) is 24.5 Å². The van der Waals surface area contributed by atoms with Crippen molar-refractivity contribution in [2.75, 3.05) is 13.1 Å². The fraction of sp³-hybridized carbons (Fsp3) is 0.478. The van der Waals surface area contributed by atoms with Gasteiger partial charge in [-0.05, 0) is 31.0 Å². The predicted octanol–water partition coefficient (Wildman–Crippen LogP) is 4.73. The first-order valence-corrected chi connectivity index (χ1v) is 10.8. The molecule has 1 saturated heterocycles. The van der Waals surface area contributed by atoms with E-state index in [0.29, 0.717) is 30.4 Å². The summed E-state index contributed by atoms with van der Waals surface area (Å²) in [5.74, 6) is 0.972. The summed E-state index contributed by atoms with van der Waals surface area (Å²) in [6.45, 7) is 7.19. The third kappa shape index (κ3) is 3.91. The van der Waals surface area contributed by atoms with Gasteiger partial charge < -0.3 is 9.42 Å². The van der Waals surface area contributed by atoms with E-state index >= 15 is 0 Å². The summed E-state index contributed by atoms with van der Waals surface area (Å²) in [5, 5.41) is 7.70. The highest BCUT2D eigenvalue weighted by atomic mass is 19.4. The van der Waals surface area contributed by atoms with Crippen molar-refractivity contribution in [2.24, 2.45) is 5.41 Å². The molecule has 0 bridgehead atoms. The second kappa shape index (κ2) is 7.16. The number of benzene rings is 1. The summed E-state index contributed by atoms with van der Waals surface area (Å²) in [5.41, 5.74) is 0.218. The van der Waals surface area contributed by atoms with Crippen LogP contribution in [-0.2, 0) is 11.6 Å². The molecule has 2 fully saturated rings. The van der Waals surface area contributed by atoms with Crippen molar-refractivity contribution < 1.29 is 22.5 Å². The monoisotopic (exact) mass is 459 g/mol. The Morgan fingerprint density at radius 3 is 2.30 bits per heavy atom. The van der Waals surface area contributed by atoms with Crippen molar-refractivity contribution in [3.63, 3.8) is 0 Å². The smallest absolute Gasteiger partial charge is 0.338 e. The Labute approximate surface area is 188 Å². The summed E-state index contributed by atoms with van der Waals surface area (Å²) in [7, 11) is 0. The zero-order valence-corrected chi connectivity index (χ0v) is 18.6. The van der Waals surface area contributed by atoms with Gasteiger partial charge in [-0.3, -0.25) is 9.48 Å². The van der Waals surface area contributed by atoms with Crippen LogP contribution in [-0.4, -0.2) is 43.8 Å². The van der Waals surface area contributed by atoms with Crippen LogP contribution in [0.4, 0.5) is 13.2 Å². The molecule has 10 heteroatoms. The Morgan fingerprint density at radius 1 is 1.09 bits per heavy atom. The Hall–Kier alpha value is -3.17. The molecule has 33 heavy (non-hydrogen) atoms. The number of amides is 1. The van der Waals surface area contributed by atoms with Gasteiger partial charge in [0.15, 0.2) is 5.69 Å². The fourth-order valence-electron chi connectivity index (χ4n) is 4.57. The number of rotatable bonds is 3. The van der Waals surface area contributed by atoms with Crippen molar-refractivity contribution in [2.45, 2.75) is 51.2 Å². The molecule has 0 unspecified atom stereocenters. The first-order chi connectivity index (χ1) is 15.4. The molecule has 5 rings (SSSR count). The molecule has 2 aromatic heterocycles. The molecule has 1 aromatic carbocycles. The zero-order valence-electron chi connectivity index (χ0n) is 18.6. The first kappa shape index (κ1) is 21.7. The minimum Gasteiger partial charge on any atom is -0.338 e. The van der Waals surface area contributed by atoms with E-state index in [9.17, 15) is 18.0 Å². The van der Waals surface area contributed by atoms with E-state index in [4.69, 9.17) is 4.52 Å². The fourth-order valence-corrected chi connectivity index (χ4v) is 4.57. The number of hydrogen-bond donors (Lipinski definition) is 0. The maximum absolute atomic E-state index is 12.8. The predicted molar refractivity (Wildman–Crippen MR) is 112 cm³/mol. The van der Waals surface area contributed by atoms with Crippen molar-refractivity contribution in [1.82, 2.24) is 24.8 Å². The van der Waals surface area contributed by atoms with Gasteiger partial charge in [0.1, 0.15) is 0 Å². The number of carbonyl (C=O) groups is 1. The van der Waals surface area contributed by atoms with E-state index in [2.05, 4.69) is 15.2 Å². The molecule has 0 radical (unpaired) electrons. The average Bonchev–Trinajstić information content (AvgIpc) is 3.35. The summed E-state index contributed by atoms with van der Waals surface area (Å²) >= 11 is 0. The number of carbonyl (C=O) groups excluding carboxylic acids is 1. The van der Waals surface area contributed by atoms with Gasteiger partial charge in [-0.25, -0.2) is 0 Å². The Bertz CT molecular complexity index is 1180. The van der Waals surface area contributed by atoms with Crippen LogP contribution in [0.25, 0.3) is 11.4 Å². The molecule has 1 amide bonds. The summed E-state index contributed by atoms with van der Waals surface area (Å²) in [6.07, 6.45) is -1.59. The number of alkyl halides is 3. The van der Waals surface area contributed by atoms with Gasteiger partial charge in [-0.2, -0.15) is 23.3 Å². The standard InChI is InChI=1S/C23H24F3N5O2/c1-21(2,3)20-27-18(29-33-20)14-4-6-15(7-5-14)19(32)30-12-22(13-30)10-16(11-22)31-9-8-17(28-31)23(24,25)26/h4-9,16H,10-13H2,1-3H3. The lowest BCUT2D eigenvalue weighted by molar-refractivity contribution is -0.142. The molecular formula is C23H24F3N5O2. The molecule has 174 valence electrons. The third-order valence-corrected chi connectivity index (χ3v) is 6.41. The van der Waals surface area contributed by atoms with Gasteiger partial charge in [0.2, 0.25) is 11.7 Å². The van der Waals surface area contributed by atoms with E-state index in [1.54, 1.807) is 29.2 Å². The second-order valence-corrected chi connectivity index (χ2v) is 10.2. The number of aromatic nitrogens is 4. The molecule has 0 atom stereocenters. The van der Waals surface area contributed by atoms with Crippen LogP contribution in [0, 0.1) is 5.41 Å². The van der Waals surface area contributed by atoms with E-state index in [1.807, 2.05) is 20.8 Å². The third-order valence-electron chi connectivity index (χ3n) is 6.41. The molecule has 1 aliphatic carbocycles. The minimum atomic E-state index is -4.43. The van der Waals surface area contributed by atoms with Crippen molar-refractivity contribution in [3.05, 3.63) is 53.7 Å². The van der Waals surface area contributed by atoms with E-state index < -0.39 is 11.9 Å². The second-order valence-electron chi connectivity index (χ2n) is 10.2. The van der Waals surface area contributed by atoms with Gasteiger partial charge in [-0.15, -0.1) is 0 Å². The maximum atomic E-state index is 12.8. The first-order valence-electron chi connectivity index (χ1n) is 10.8. The van der Waals surface area contributed by atoms with Gasteiger partial charge in [0.05, 0.1) is 6.04 Å². The number of halogens is 3. The van der Waals surface area contributed by atoms with Crippen LogP contribution in [0.1, 0.15) is 61.6 Å². The van der Waals surface area contributed by atoms with E-state index in [1.165, 1.54) is 10.9 Å². The Kier molecular flexibility index (Phi) is 4.70. The zero-order chi connectivity index (χ0) is 23.6. The molecule has 7 nitrogen and oxygen atoms in total. The van der Waals surface area contributed by atoms with Gasteiger partial charge in [-0.1, -0.05) is 38.1 Å². The lowest BCUT2D eigenvalue weighted by atomic mass is 9.60. The van der Waals surface area contributed by atoms with E-state index in [-0.39, 0.29) is 22.8 Å². The van der Waals surface area contributed by atoms with Gasteiger partial charge >= 0.3 is 6.18 Å². The summed E-state index contributed by atoms with van der Waals surface area (Å²) in [4.78, 5) is 19.0. The molecular weight excluding hydrogens is 435 g/mol. The number of likely N-dealkylation sites (tertiary alicyclic amines) is 1. The molecule has 3 heterocycles. The highest BCUT2D eigenvalue weighted by molar-refractivity contribution is 5.95. The lowest BCUT2D eigenvalue weighted by Crippen LogP contribution is -2.63. The van der Waals surface area contributed by atoms with Gasteiger partial charge in [0, 0.05) is 41.2 Å². The Balaban J connectivity index is 1.17. The highest BCUT2D eigenvalue weighted by Gasteiger charge is 2.54. The molecule has 1 saturated carbocycles. The van der Waals surface area contributed by atoms with Crippen LogP contribution in [0.5, 0.6) is 0 Å². The molecule has 1 aliphatic heterocycles. The van der Waals surface area contributed by atoms with Crippen LogP contribution in [0.2, 0.25) is 0 Å². The van der Waals surface area contributed by atoms with Gasteiger partial charge in [0.25, 0.3) is 5.91 Å². The Morgan fingerprint density at radius 2 is 1.76 bits per heavy atom. The highest BCUT2D eigenvalue weighted by Crippen LogP contribution is 2.54. The quantitative estimate of drug-likeness (QED) is 0.566. The lowest BCUT2D eigenvalue weighted by Gasteiger charge is -2.58. The van der Waals surface area contributed by atoms with Crippen molar-refractivity contribution in [1.29, 1.82) is 0 Å². The van der Waals surface area contributed by atoms with Crippen LogP contribution >= 0.6 is 0 Å². The number of hydrogen-bond acceptors (Lipinski definition) is 5. The normalized spacial score (nSPS) is 18.3. The van der Waals surface area contributed by atoms with Crippen LogP contribution in [0.15, 0.2) is 41.1 Å². The molecule has 2 aliphatic rings. The van der Waals surface area contributed by atoms with Crippen LogP contribution < -0.4 is 0 Å². The van der Waals surface area contributed by atoms with Crippen molar-refractivity contribution in [3.8, 4) is 11.4 Å². The summed E-state index contributed by atoms with van der Waals surface area (Å²) < 4.78 is 45.0. The largest absolute Gasteiger partial charge is 0.435 e. The molecule has 1 spiro atoms. The minimum absolute atomic E-state index is 0.0153. The molecule has 3 aromatic rings. The maximum Gasteiger partial charge on any atom is 0.435 e. The average molecular weight is 459 g/mol. The number of nitrogens with zero attached hydrogens (tertiary/aromatic N) is 5.